The molecule has 0 saturated carbocycles. The van der Waals surface area contributed by atoms with E-state index in [0.29, 0.717) is 12.3 Å². The molecule has 158 valence electrons. The Morgan fingerprint density at radius 1 is 0.969 bits per heavy atom. The second-order valence-corrected chi connectivity index (χ2v) is 6.89. The zero-order valence-corrected chi connectivity index (χ0v) is 17.1. The quantitative estimate of drug-likeness (QED) is 0.349. The highest BCUT2D eigenvalue weighted by Crippen LogP contribution is 2.15. The van der Waals surface area contributed by atoms with Crippen LogP contribution in [0.25, 0.3) is 11.3 Å². The smallest absolute Gasteiger partial charge is 0.346 e. The van der Waals surface area contributed by atoms with Crippen LogP contribution in [0, 0.1) is 0 Å². The van der Waals surface area contributed by atoms with E-state index in [-0.39, 0.29) is 5.69 Å². The third kappa shape index (κ3) is 5.54. The van der Waals surface area contributed by atoms with E-state index in [2.05, 4.69) is 20.5 Å². The van der Waals surface area contributed by atoms with Gasteiger partial charge in [0, 0.05) is 5.56 Å². The van der Waals surface area contributed by atoms with E-state index in [4.69, 9.17) is 4.74 Å². The number of aromatic nitrogens is 2. The number of hydrazone groups is 1. The summed E-state index contributed by atoms with van der Waals surface area (Å²) in [5.74, 6) is 0.193. The van der Waals surface area contributed by atoms with E-state index >= 15 is 0 Å². The molecule has 1 aromatic heterocycles. The lowest BCUT2D eigenvalue weighted by Crippen LogP contribution is -2.24. The van der Waals surface area contributed by atoms with Crippen molar-refractivity contribution in [3.8, 4) is 17.0 Å². The normalized spacial score (nSPS) is 10.8. The molecule has 0 radical (unpaired) electrons. The number of carbonyl (C=O) groups excluding carboxylic acids is 1. The predicted octanol–water partition coefficient (Wildman–Crippen LogP) is 3.78. The maximum Gasteiger partial charge on any atom is 0.346 e. The van der Waals surface area contributed by atoms with Gasteiger partial charge in [-0.05, 0) is 41.5 Å². The van der Waals surface area contributed by atoms with Crippen LogP contribution in [-0.2, 0) is 6.61 Å². The fourth-order valence-electron chi connectivity index (χ4n) is 2.95. The number of hydrogen-bond donors (Lipinski definition) is 2. The maximum absolute atomic E-state index is 12.4. The molecule has 32 heavy (non-hydrogen) atoms. The molecule has 0 unspecified atom stereocenters. The van der Waals surface area contributed by atoms with Crippen LogP contribution in [0.4, 0.5) is 0 Å². The molecule has 1 heterocycles. The first-order valence-electron chi connectivity index (χ1n) is 9.94. The first kappa shape index (κ1) is 20.7. The first-order chi connectivity index (χ1) is 15.7. The molecule has 0 fully saturated rings. The van der Waals surface area contributed by atoms with Crippen LogP contribution in [-0.4, -0.2) is 22.1 Å². The summed E-state index contributed by atoms with van der Waals surface area (Å²) >= 11 is 0. The molecule has 3 aromatic carbocycles. The van der Waals surface area contributed by atoms with E-state index in [1.807, 2.05) is 84.9 Å². The topological polar surface area (TPSA) is 96.4 Å². The fourth-order valence-corrected chi connectivity index (χ4v) is 2.95. The lowest BCUT2D eigenvalue weighted by molar-refractivity contribution is 0.0949. The van der Waals surface area contributed by atoms with Gasteiger partial charge >= 0.3 is 5.69 Å². The third-order valence-corrected chi connectivity index (χ3v) is 4.57. The van der Waals surface area contributed by atoms with Crippen molar-refractivity contribution in [1.82, 2.24) is 15.4 Å². The van der Waals surface area contributed by atoms with Gasteiger partial charge in [0.05, 0.1) is 11.9 Å². The fraction of sp³-hybridized carbons (Fsp3) is 0.0400. The predicted molar refractivity (Wildman–Crippen MR) is 123 cm³/mol. The largest absolute Gasteiger partial charge is 0.489 e. The van der Waals surface area contributed by atoms with Crippen molar-refractivity contribution in [2.24, 2.45) is 5.10 Å². The highest BCUT2D eigenvalue weighted by Gasteiger charge is 2.10. The summed E-state index contributed by atoms with van der Waals surface area (Å²) in [5.41, 5.74) is 4.91. The van der Waals surface area contributed by atoms with Crippen molar-refractivity contribution in [3.05, 3.63) is 118 Å². The Labute approximate surface area is 184 Å². The molecule has 4 aromatic rings. The SMILES string of the molecule is O=C(N/N=C/c1ccc(OCc2ccccc2)cc1)c1cc(-c2ccccc2)nc(=O)[nH]1. The van der Waals surface area contributed by atoms with E-state index in [1.165, 1.54) is 12.3 Å². The van der Waals surface area contributed by atoms with E-state index < -0.39 is 11.6 Å². The molecule has 4 rings (SSSR count). The molecule has 0 atom stereocenters. The minimum absolute atomic E-state index is 0.0747. The first-order valence-corrected chi connectivity index (χ1v) is 9.94. The Hall–Kier alpha value is -4.52. The molecule has 1 amide bonds. The van der Waals surface area contributed by atoms with Crippen molar-refractivity contribution in [2.45, 2.75) is 6.61 Å². The zero-order valence-electron chi connectivity index (χ0n) is 17.1. The van der Waals surface area contributed by atoms with E-state index in [1.54, 1.807) is 0 Å². The number of benzene rings is 3. The summed E-state index contributed by atoms with van der Waals surface area (Å²) in [4.78, 5) is 30.6. The molecule has 7 nitrogen and oxygen atoms in total. The minimum Gasteiger partial charge on any atom is -0.489 e. The Morgan fingerprint density at radius 3 is 2.38 bits per heavy atom. The summed E-state index contributed by atoms with van der Waals surface area (Å²) in [6, 6.07) is 27.9. The molecule has 0 aliphatic rings. The van der Waals surface area contributed by atoms with Crippen LogP contribution in [0.1, 0.15) is 21.6 Å². The van der Waals surface area contributed by atoms with Gasteiger partial charge < -0.3 is 9.72 Å². The Morgan fingerprint density at radius 2 is 1.66 bits per heavy atom. The van der Waals surface area contributed by atoms with Gasteiger partial charge in [-0.3, -0.25) is 4.79 Å². The van der Waals surface area contributed by atoms with Gasteiger partial charge in [-0.25, -0.2) is 10.2 Å². The molecule has 0 aliphatic heterocycles. The van der Waals surface area contributed by atoms with Crippen LogP contribution >= 0.6 is 0 Å². The van der Waals surface area contributed by atoms with E-state index in [0.717, 1.165) is 22.4 Å². The van der Waals surface area contributed by atoms with Gasteiger partial charge in [0.1, 0.15) is 18.1 Å². The zero-order chi connectivity index (χ0) is 22.2. The number of aromatic amines is 1. The maximum atomic E-state index is 12.4. The summed E-state index contributed by atoms with van der Waals surface area (Å²) in [6.07, 6.45) is 1.51. The van der Waals surface area contributed by atoms with Crippen LogP contribution in [0.3, 0.4) is 0 Å². The van der Waals surface area contributed by atoms with Crippen LogP contribution < -0.4 is 15.9 Å². The summed E-state index contributed by atoms with van der Waals surface area (Å²) in [5, 5.41) is 3.97. The molecule has 0 saturated heterocycles. The number of ether oxygens (including phenoxy) is 1. The molecular formula is C25H20N4O3. The molecule has 0 spiro atoms. The van der Waals surface area contributed by atoms with Crippen LogP contribution in [0.2, 0.25) is 0 Å². The van der Waals surface area contributed by atoms with Gasteiger partial charge in [-0.15, -0.1) is 0 Å². The number of carbonyl (C=O) groups is 1. The van der Waals surface area contributed by atoms with Crippen LogP contribution in [0.15, 0.2) is 101 Å². The minimum atomic E-state index is -0.605. The average molecular weight is 424 g/mol. The van der Waals surface area contributed by atoms with Crippen molar-refractivity contribution in [1.29, 1.82) is 0 Å². The van der Waals surface area contributed by atoms with E-state index in [9.17, 15) is 9.59 Å². The Bertz CT molecular complexity index is 1270. The number of hydrogen-bond acceptors (Lipinski definition) is 5. The molecule has 2 N–H and O–H groups in total. The number of nitrogens with one attached hydrogen (secondary N) is 2. The van der Waals surface area contributed by atoms with Gasteiger partial charge in [0.15, 0.2) is 0 Å². The number of rotatable bonds is 7. The molecule has 7 heteroatoms. The van der Waals surface area contributed by atoms with Crippen molar-refractivity contribution >= 4 is 12.1 Å². The van der Waals surface area contributed by atoms with Gasteiger partial charge in [0.25, 0.3) is 5.91 Å². The van der Waals surface area contributed by atoms with Crippen molar-refractivity contribution < 1.29 is 9.53 Å². The summed E-state index contributed by atoms with van der Waals surface area (Å²) < 4.78 is 5.75. The lowest BCUT2D eigenvalue weighted by Gasteiger charge is -2.06. The molecular weight excluding hydrogens is 404 g/mol. The third-order valence-electron chi connectivity index (χ3n) is 4.57. The number of amides is 1. The number of H-pyrrole nitrogens is 1. The average Bonchev–Trinajstić information content (AvgIpc) is 2.84. The summed E-state index contributed by atoms with van der Waals surface area (Å²) in [6.45, 7) is 0.486. The van der Waals surface area contributed by atoms with Gasteiger partial charge in [-0.1, -0.05) is 60.7 Å². The molecule has 0 aliphatic carbocycles. The second kappa shape index (κ2) is 9.99. The van der Waals surface area contributed by atoms with Crippen molar-refractivity contribution in [2.75, 3.05) is 0 Å². The van der Waals surface area contributed by atoms with Crippen molar-refractivity contribution in [3.63, 3.8) is 0 Å². The van der Waals surface area contributed by atoms with Gasteiger partial charge in [-0.2, -0.15) is 10.1 Å². The summed E-state index contributed by atoms with van der Waals surface area (Å²) in [7, 11) is 0. The number of nitrogens with zero attached hydrogens (tertiary/aromatic N) is 2. The monoisotopic (exact) mass is 424 g/mol. The lowest BCUT2D eigenvalue weighted by atomic mass is 10.1. The molecule has 0 bridgehead atoms. The Kier molecular flexibility index (Phi) is 6.48. The standard InChI is InChI=1S/C25H20N4O3/c30-24(23-15-22(27-25(31)28-23)20-9-5-2-6-10-20)29-26-16-18-11-13-21(14-12-18)32-17-19-7-3-1-4-8-19/h1-16H,17H2,(H,29,30)(H,27,28,31)/b26-16+. The highest BCUT2D eigenvalue weighted by molar-refractivity contribution is 5.93. The van der Waals surface area contributed by atoms with Crippen LogP contribution in [0.5, 0.6) is 5.75 Å². The van der Waals surface area contributed by atoms with Gasteiger partial charge in [0.2, 0.25) is 0 Å². The second-order valence-electron chi connectivity index (χ2n) is 6.89. The highest BCUT2D eigenvalue weighted by atomic mass is 16.5. The Balaban J connectivity index is 1.36.